The van der Waals surface area contributed by atoms with Crippen LogP contribution in [0.1, 0.15) is 43.2 Å². The summed E-state index contributed by atoms with van der Waals surface area (Å²) in [5.74, 6) is 3.19. The lowest BCUT2D eigenvalue weighted by atomic mass is 9.43. The van der Waals surface area contributed by atoms with Crippen LogP contribution < -0.4 is 4.90 Å². The maximum atomic E-state index is 6.58. The fourth-order valence-electron chi connectivity index (χ4n) is 12.8. The lowest BCUT2D eigenvalue weighted by molar-refractivity contribution is -0.0399. The second-order valence-electron chi connectivity index (χ2n) is 18.1. The second kappa shape index (κ2) is 13.2. The van der Waals surface area contributed by atoms with Crippen LogP contribution in [0.15, 0.2) is 192 Å². The van der Waals surface area contributed by atoms with Gasteiger partial charge in [-0.05, 0) is 166 Å². The van der Waals surface area contributed by atoms with Crippen molar-refractivity contribution in [1.29, 1.82) is 0 Å². The van der Waals surface area contributed by atoms with Gasteiger partial charge < -0.3 is 9.32 Å². The summed E-state index contributed by atoms with van der Waals surface area (Å²) in [6, 6.07) is 69.9. The topological polar surface area (TPSA) is 16.4 Å². The van der Waals surface area contributed by atoms with Gasteiger partial charge in [0.1, 0.15) is 11.2 Å². The average molecular weight is 772 g/mol. The molecule has 4 saturated carbocycles. The lowest BCUT2D eigenvalue weighted by Crippen LogP contribution is -2.55. The monoisotopic (exact) mass is 771 g/mol. The molecule has 0 saturated heterocycles. The van der Waals surface area contributed by atoms with E-state index >= 15 is 0 Å². The van der Waals surface area contributed by atoms with E-state index in [-0.39, 0.29) is 5.41 Å². The maximum absolute atomic E-state index is 6.58. The van der Waals surface area contributed by atoms with Crippen molar-refractivity contribution in [2.45, 2.75) is 37.5 Å². The van der Waals surface area contributed by atoms with Gasteiger partial charge in [0.2, 0.25) is 0 Å². The van der Waals surface area contributed by atoms with Crippen LogP contribution in [0.25, 0.3) is 66.4 Å². The molecule has 2 nitrogen and oxygen atoms in total. The van der Waals surface area contributed by atoms with Crippen molar-refractivity contribution in [2.24, 2.45) is 23.7 Å². The summed E-state index contributed by atoms with van der Waals surface area (Å²) in [4.78, 5) is 2.48. The van der Waals surface area contributed by atoms with Crippen molar-refractivity contribution in [3.63, 3.8) is 0 Å². The summed E-state index contributed by atoms with van der Waals surface area (Å²) in [5.41, 5.74) is 18.6. The Balaban J connectivity index is 1.06. The Morgan fingerprint density at radius 3 is 1.53 bits per heavy atom. The third kappa shape index (κ3) is 5.13. The zero-order chi connectivity index (χ0) is 39.4. The number of furan rings is 1. The number of benzene rings is 8. The summed E-state index contributed by atoms with van der Waals surface area (Å²) in [6.45, 7) is 0. The zero-order valence-electron chi connectivity index (χ0n) is 33.6. The van der Waals surface area contributed by atoms with E-state index in [9.17, 15) is 0 Å². The third-order valence-electron chi connectivity index (χ3n) is 15.0. The molecule has 5 aliphatic rings. The van der Waals surface area contributed by atoms with E-state index < -0.39 is 0 Å². The molecule has 14 rings (SSSR count). The van der Waals surface area contributed by atoms with Crippen LogP contribution in [0.2, 0.25) is 0 Å². The molecule has 1 spiro atoms. The Morgan fingerprint density at radius 2 is 0.883 bits per heavy atom. The van der Waals surface area contributed by atoms with E-state index in [1.54, 1.807) is 11.1 Å². The van der Waals surface area contributed by atoms with Gasteiger partial charge in [-0.1, -0.05) is 127 Å². The number of nitrogens with zero attached hydrogens (tertiary/aromatic N) is 1. The molecule has 9 aromatic rings. The van der Waals surface area contributed by atoms with Crippen molar-refractivity contribution in [1.82, 2.24) is 0 Å². The number of hydrogen-bond donors (Lipinski definition) is 0. The van der Waals surface area contributed by atoms with E-state index in [2.05, 4.69) is 193 Å². The summed E-state index contributed by atoms with van der Waals surface area (Å²) >= 11 is 0. The second-order valence-corrected chi connectivity index (χ2v) is 18.1. The summed E-state index contributed by atoms with van der Waals surface area (Å²) in [7, 11) is 0. The van der Waals surface area contributed by atoms with Crippen LogP contribution >= 0.6 is 0 Å². The zero-order valence-corrected chi connectivity index (χ0v) is 33.6. The van der Waals surface area contributed by atoms with Gasteiger partial charge in [-0.25, -0.2) is 0 Å². The molecule has 288 valence electrons. The van der Waals surface area contributed by atoms with Crippen molar-refractivity contribution >= 4 is 39.0 Å². The van der Waals surface area contributed by atoms with Crippen molar-refractivity contribution in [3.05, 3.63) is 199 Å². The summed E-state index contributed by atoms with van der Waals surface area (Å²) < 4.78 is 6.58. The molecular formula is C58H45NO. The highest BCUT2D eigenvalue weighted by Crippen LogP contribution is 2.69. The van der Waals surface area contributed by atoms with Crippen LogP contribution in [0.3, 0.4) is 0 Å². The molecule has 0 radical (unpaired) electrons. The number of hydrogen-bond acceptors (Lipinski definition) is 2. The minimum Gasteiger partial charge on any atom is -0.456 e. The normalized spacial score (nSPS) is 22.1. The Hall–Kier alpha value is -6.64. The molecule has 0 amide bonds. The molecular weight excluding hydrogens is 727 g/mol. The van der Waals surface area contributed by atoms with Gasteiger partial charge in [-0.15, -0.1) is 0 Å². The first-order chi connectivity index (χ1) is 29.7. The minimum absolute atomic E-state index is 0.0809. The van der Waals surface area contributed by atoms with Gasteiger partial charge in [-0.3, -0.25) is 0 Å². The van der Waals surface area contributed by atoms with E-state index in [1.165, 1.54) is 76.6 Å². The van der Waals surface area contributed by atoms with Crippen LogP contribution in [0, 0.1) is 23.7 Å². The number of anilines is 3. The largest absolute Gasteiger partial charge is 0.456 e. The van der Waals surface area contributed by atoms with Gasteiger partial charge in [0.25, 0.3) is 0 Å². The van der Waals surface area contributed by atoms with E-state index in [0.717, 1.165) is 50.8 Å². The quantitative estimate of drug-likeness (QED) is 0.167. The summed E-state index contributed by atoms with van der Waals surface area (Å²) in [5, 5.41) is 2.28. The smallest absolute Gasteiger partial charge is 0.137 e. The van der Waals surface area contributed by atoms with Gasteiger partial charge in [0.15, 0.2) is 0 Å². The first kappa shape index (κ1) is 34.2. The average Bonchev–Trinajstić information content (AvgIpc) is 3.81. The molecule has 0 atom stereocenters. The number of rotatable bonds is 6. The lowest BCUT2D eigenvalue weighted by Gasteiger charge is -2.61. The Bertz CT molecular complexity index is 3020. The first-order valence-corrected chi connectivity index (χ1v) is 22.0. The predicted octanol–water partition coefficient (Wildman–Crippen LogP) is 15.8. The van der Waals surface area contributed by atoms with Crippen molar-refractivity contribution < 1.29 is 4.42 Å². The maximum Gasteiger partial charge on any atom is 0.137 e. The molecule has 60 heavy (non-hydrogen) atoms. The molecule has 2 heteroatoms. The van der Waals surface area contributed by atoms with E-state index in [0.29, 0.717) is 11.8 Å². The number of para-hydroxylation sites is 1. The number of fused-ring (bicyclic) bond motifs is 6. The van der Waals surface area contributed by atoms with Crippen molar-refractivity contribution in [3.8, 4) is 44.5 Å². The molecule has 0 unspecified atom stereocenters. The molecule has 4 bridgehead atoms. The van der Waals surface area contributed by atoms with Crippen molar-refractivity contribution in [2.75, 3.05) is 4.90 Å². The fraction of sp³-hybridized carbons (Fsp3) is 0.172. The molecule has 5 aliphatic carbocycles. The van der Waals surface area contributed by atoms with Crippen LogP contribution in [0.5, 0.6) is 0 Å². The fourth-order valence-corrected chi connectivity index (χ4v) is 12.8. The minimum atomic E-state index is 0.0809. The highest BCUT2D eigenvalue weighted by atomic mass is 16.3. The van der Waals surface area contributed by atoms with Crippen LogP contribution in [0.4, 0.5) is 17.1 Å². The molecule has 0 N–H and O–H groups in total. The van der Waals surface area contributed by atoms with E-state index in [1.807, 2.05) is 0 Å². The van der Waals surface area contributed by atoms with Gasteiger partial charge >= 0.3 is 0 Å². The van der Waals surface area contributed by atoms with E-state index in [4.69, 9.17) is 4.42 Å². The Kier molecular flexibility index (Phi) is 7.52. The first-order valence-electron chi connectivity index (χ1n) is 22.0. The van der Waals surface area contributed by atoms with Gasteiger partial charge in [0, 0.05) is 39.3 Å². The molecule has 4 fully saturated rings. The predicted molar refractivity (Wildman–Crippen MR) is 248 cm³/mol. The SMILES string of the molecule is c1ccc(-c2cc(-c3ccccc3)cc(N(c3ccc4c(c3)-c3cc(-c5ccccc5)ccc3C43C4CC5CC(C4)CC3C5)c3ccc4c(c3)oc3ccccc34)c2)cc1. The highest BCUT2D eigenvalue weighted by molar-refractivity contribution is 6.06. The Morgan fingerprint density at radius 1 is 0.367 bits per heavy atom. The molecule has 1 aromatic heterocycles. The third-order valence-corrected chi connectivity index (χ3v) is 15.0. The Labute approximate surface area is 351 Å². The molecule has 1 heterocycles. The standard InChI is InChI=1S/C58H45NO/c1-4-12-39(13-5-1)42-20-24-54-52(34-42)53-35-47(22-25-55(53)58(54)45-27-37-26-38(29-45)30-46(58)28-37)59(48-21-23-51-50-18-10-11-19-56(50)60-57(51)36-48)49-32-43(40-14-6-2-7-15-40)31-44(33-49)41-16-8-3-9-17-41/h1-25,31-38,45-46H,26-30H2. The summed E-state index contributed by atoms with van der Waals surface area (Å²) in [6.07, 6.45) is 6.92. The highest BCUT2D eigenvalue weighted by Gasteiger charge is 2.61. The van der Waals surface area contributed by atoms with Gasteiger partial charge in [0.05, 0.1) is 0 Å². The molecule has 0 aliphatic heterocycles. The van der Waals surface area contributed by atoms with Gasteiger partial charge in [-0.2, -0.15) is 0 Å². The molecule has 8 aromatic carbocycles. The van der Waals surface area contributed by atoms with Crippen LogP contribution in [-0.4, -0.2) is 0 Å². The van der Waals surface area contributed by atoms with Crippen LogP contribution in [-0.2, 0) is 5.41 Å².